The van der Waals surface area contributed by atoms with Crippen molar-refractivity contribution in [3.63, 3.8) is 0 Å². The molecule has 0 radical (unpaired) electrons. The lowest BCUT2D eigenvalue weighted by atomic mass is 9.88. The third-order valence-corrected chi connectivity index (χ3v) is 18.9. The normalized spacial score (nSPS) is 32.0. The van der Waals surface area contributed by atoms with Crippen molar-refractivity contribution in [1.82, 2.24) is 21.3 Å². The summed E-state index contributed by atoms with van der Waals surface area (Å²) in [6, 6.07) is -0.733. The highest BCUT2D eigenvalue weighted by Crippen LogP contribution is 2.40. The zero-order chi connectivity index (χ0) is 71.5. The lowest BCUT2D eigenvalue weighted by Gasteiger charge is -2.51. The maximum absolute atomic E-state index is 13.0. The quantitative estimate of drug-likeness (QED) is 0.0184. The smallest absolute Gasteiger partial charge is 0.364 e. The van der Waals surface area contributed by atoms with Gasteiger partial charge >= 0.3 is 5.97 Å². The monoisotopic (exact) mass is 1460 g/mol. The van der Waals surface area contributed by atoms with Gasteiger partial charge in [-0.15, -0.1) is 0 Å². The van der Waals surface area contributed by atoms with E-state index in [4.69, 9.17) is 55.8 Å². The number of rotatable bonds is 32. The second kappa shape index (κ2) is 34.5. The average Bonchev–Trinajstić information content (AvgIpc) is 0.765. The Labute approximate surface area is 553 Å². The minimum absolute atomic E-state index is 0.0630. The van der Waals surface area contributed by atoms with Crippen LogP contribution in [0.4, 0.5) is 5.69 Å². The summed E-state index contributed by atoms with van der Waals surface area (Å²) >= 11 is 5.17. The summed E-state index contributed by atoms with van der Waals surface area (Å²) in [5.41, 5.74) is 5.52. The number of fused-ring (bicyclic) bond motifs is 1. The van der Waals surface area contributed by atoms with Crippen molar-refractivity contribution in [2.75, 3.05) is 51.4 Å². The number of carboxylic acid groups (broad SMARTS) is 1. The van der Waals surface area contributed by atoms with Crippen molar-refractivity contribution in [2.45, 2.75) is 208 Å². The number of carbonyl (C=O) groups excluding carboxylic acids is 3. The Kier molecular flexibility index (Phi) is 28.8. The Balaban J connectivity index is 1.01. The minimum atomic E-state index is -5.38. The van der Waals surface area contributed by atoms with Crippen molar-refractivity contribution in [1.29, 1.82) is 0 Å². The molecule has 0 aliphatic carbocycles. The number of aliphatic hydroxyl groups excluding tert-OH is 11. The second-order valence-electron chi connectivity index (χ2n) is 23.0. The summed E-state index contributed by atoms with van der Waals surface area (Å²) in [5.74, 6) is -7.07. The molecule has 4 heterocycles. The first-order valence-corrected chi connectivity index (χ1v) is 34.5. The Morgan fingerprint density at radius 3 is 1.92 bits per heavy atom. The molecule has 2 aromatic carbocycles. The Morgan fingerprint density at radius 2 is 1.31 bits per heavy atom. The number of unbranched alkanes of at least 4 members (excludes halogenated alkanes) is 5. The lowest BCUT2D eigenvalue weighted by Crippen LogP contribution is -2.71. The van der Waals surface area contributed by atoms with E-state index in [0.717, 1.165) is 13.0 Å². The van der Waals surface area contributed by atoms with Gasteiger partial charge in [-0.25, -0.2) is 4.79 Å². The zero-order valence-electron chi connectivity index (χ0n) is 51.2. The van der Waals surface area contributed by atoms with E-state index in [2.05, 4.69) is 26.6 Å². The number of anilines is 1. The number of aliphatic carboxylic acids is 1. The van der Waals surface area contributed by atoms with Gasteiger partial charge in [-0.05, 0) is 56.2 Å². The largest absolute Gasteiger partial charge is 0.477 e. The molecule has 0 bridgehead atoms. The van der Waals surface area contributed by atoms with Crippen LogP contribution in [-0.4, -0.2) is 303 Å². The summed E-state index contributed by atoms with van der Waals surface area (Å²) in [6.07, 6.45) is -31.4. The average molecular weight is 1460 g/mol. The summed E-state index contributed by atoms with van der Waals surface area (Å²) in [7, 11) is -15.8. The van der Waals surface area contributed by atoms with E-state index in [1.165, 1.54) is 6.92 Å². The number of nitrogens with one attached hydrogen (secondary N) is 5. The first-order chi connectivity index (χ1) is 44.9. The second-order valence-corrected chi connectivity index (χ2v) is 27.6. The molecule has 2 aromatic rings. The first kappa shape index (κ1) is 80.2. The van der Waals surface area contributed by atoms with Gasteiger partial charge < -0.3 is 131 Å². The third kappa shape index (κ3) is 20.2. The third-order valence-electron chi connectivity index (χ3n) is 16.0. The van der Waals surface area contributed by atoms with Gasteiger partial charge in [0.25, 0.3) is 36.1 Å². The zero-order valence-corrected chi connectivity index (χ0v) is 54.5. The van der Waals surface area contributed by atoms with Crippen molar-refractivity contribution in [3.8, 4) is 0 Å². The summed E-state index contributed by atoms with van der Waals surface area (Å²) in [6.45, 7) is -1.18. The molecule has 21 atom stereocenters. The highest BCUT2D eigenvalue weighted by atomic mass is 32.2. The van der Waals surface area contributed by atoms with Gasteiger partial charge in [0, 0.05) is 50.2 Å². The molecule has 3 amide bonds. The van der Waals surface area contributed by atoms with Crippen LogP contribution in [0.25, 0.3) is 10.8 Å². The molecule has 4 fully saturated rings. The molecule has 43 heteroatoms. The Bertz CT molecular complexity index is 3360. The van der Waals surface area contributed by atoms with E-state index in [9.17, 15) is 119 Å². The van der Waals surface area contributed by atoms with Crippen molar-refractivity contribution in [3.05, 3.63) is 24.3 Å². The van der Waals surface area contributed by atoms with E-state index in [1.807, 2.05) is 0 Å². The maximum Gasteiger partial charge on any atom is 0.364 e. The Morgan fingerprint density at radius 1 is 0.708 bits per heavy atom. The molecule has 6 rings (SSSR count). The number of carboxylic acids is 1. The molecule has 0 saturated carbocycles. The molecular formula is C53H82N6O33S4. The van der Waals surface area contributed by atoms with E-state index < -0.39 is 240 Å². The summed E-state index contributed by atoms with van der Waals surface area (Å²) < 4.78 is 149. The molecule has 0 aromatic heterocycles. The molecule has 4 saturated heterocycles. The fourth-order valence-electron chi connectivity index (χ4n) is 11.0. The number of aliphatic hydroxyl groups is 11. The van der Waals surface area contributed by atoms with Gasteiger partial charge in [-0.1, -0.05) is 25.7 Å². The number of thiocarbonyl (C=S) groups is 1. The van der Waals surface area contributed by atoms with Gasteiger partial charge in [0.1, 0.15) is 95.2 Å². The fraction of sp³-hybridized carbons (Fsp3) is 0.717. The van der Waals surface area contributed by atoms with Gasteiger partial charge in [0.05, 0.1) is 55.2 Å². The topological polar surface area (TPSA) is 634 Å². The standard InChI is InChI=1S/C53H82N6O33S4/c1-22-38(68)41(71)42(72)49(86-22)90-46-37(58-23(2)63)48(88-30(21-62)44(46)89-50-43(73)47(40(70)29(20-61)87-50)92-53(51(74)75)17-27(64)36(54)45(91-53)39(69)28(65)19-60)85-14-8-6-4-3-5-7-9-33(66)55-12-13-56-52(93)57-18-34(67)59-26-10-11-31(95(79,80)81)25-15-24(94(76,77)78)16-32(35(25)26)96(82,83)84/h10-11,15-16,22,27-30,36-50,60-62,64-65,68-73H,3-9,12-14,17-21,54H2,1-2H3,(H,55,66)(H,58,63)(H,59,67)(H,74,75)(H2,56,57,93)(H,76,77,78)(H,79,80,81)(H,82,83,84)/t22?,27?,28-,29?,30?,36?,37?,38?,39-,40?,41?,42?,43?,44?,45?,46?,47?,48?,49?,50?,53?/m1/s1. The van der Waals surface area contributed by atoms with Crippen LogP contribution in [0.3, 0.4) is 0 Å². The van der Waals surface area contributed by atoms with E-state index in [0.29, 0.717) is 56.7 Å². The number of carbonyl (C=O) groups is 4. The fourth-order valence-corrected chi connectivity index (χ4v) is 13.2. The Hall–Kier alpha value is -4.80. The maximum atomic E-state index is 13.0. The van der Waals surface area contributed by atoms with Crippen LogP contribution < -0.4 is 32.3 Å². The predicted octanol–water partition coefficient (Wildman–Crippen LogP) is -7.54. The van der Waals surface area contributed by atoms with E-state index in [1.54, 1.807) is 0 Å². The van der Waals surface area contributed by atoms with Crippen LogP contribution in [-0.2, 0) is 87.4 Å². The molecule has 22 N–H and O–H groups in total. The van der Waals surface area contributed by atoms with Crippen LogP contribution in [0.1, 0.15) is 65.2 Å². The van der Waals surface area contributed by atoms with Gasteiger partial charge in [0.2, 0.25) is 17.7 Å². The van der Waals surface area contributed by atoms with E-state index >= 15 is 0 Å². The number of hydrogen-bond donors (Lipinski definition) is 21. The van der Waals surface area contributed by atoms with Gasteiger partial charge in [-0.3, -0.25) is 28.0 Å². The molecule has 19 unspecified atom stereocenters. The number of nitrogens with two attached hydrogens (primary N) is 1. The van der Waals surface area contributed by atoms with Crippen molar-refractivity contribution in [2.24, 2.45) is 5.73 Å². The van der Waals surface area contributed by atoms with Crippen LogP contribution >= 0.6 is 12.2 Å². The highest BCUT2D eigenvalue weighted by Gasteiger charge is 2.60. The van der Waals surface area contributed by atoms with Gasteiger partial charge in [0.15, 0.2) is 24.0 Å². The number of hydrogen-bond acceptors (Lipinski definition) is 31. The molecule has 96 heavy (non-hydrogen) atoms. The first-order valence-electron chi connectivity index (χ1n) is 29.8. The predicted molar refractivity (Wildman–Crippen MR) is 323 cm³/mol. The van der Waals surface area contributed by atoms with Crippen molar-refractivity contribution < 1.29 is 157 Å². The molecule has 4 aliphatic rings. The molecular weight excluding hydrogens is 1380 g/mol. The molecule has 0 spiro atoms. The minimum Gasteiger partial charge on any atom is -0.477 e. The number of amides is 3. The van der Waals surface area contributed by atoms with Gasteiger partial charge in [-0.2, -0.15) is 25.3 Å². The molecule has 546 valence electrons. The molecule has 39 nitrogen and oxygen atoms in total. The van der Waals surface area contributed by atoms with Crippen LogP contribution in [0.5, 0.6) is 0 Å². The molecule has 4 aliphatic heterocycles. The summed E-state index contributed by atoms with van der Waals surface area (Å²) in [4.78, 5) is 48.0. The SMILES string of the molecule is CC(=O)NC1C(OCCCCCCCCC(=O)NCCNC(=S)NCC(=O)Nc2ccc(S(=O)(=O)O)c3cc(S(=O)(=O)O)cc(S(=O)(=O)O)c23)OC(CO)C(OC2OC(CO)C(O)C(OC3(C(=O)O)CC(O)C(N)C([C@H](O)[C@H](O)CO)O3)C2O)C1OC1OC(C)C(O)C(O)C1O. The van der Waals surface area contributed by atoms with Crippen molar-refractivity contribution >= 4 is 87.8 Å². The summed E-state index contributed by atoms with van der Waals surface area (Å²) in [5, 5.41) is 140. The number of benzene rings is 2. The van der Waals surface area contributed by atoms with E-state index in [-0.39, 0.29) is 37.1 Å². The van der Waals surface area contributed by atoms with Crippen LogP contribution in [0.15, 0.2) is 39.0 Å². The highest BCUT2D eigenvalue weighted by molar-refractivity contribution is 7.87. The lowest BCUT2D eigenvalue weighted by molar-refractivity contribution is -0.391. The van der Waals surface area contributed by atoms with Crippen LogP contribution in [0, 0.1) is 0 Å². The number of ether oxygens (including phenoxy) is 8. The van der Waals surface area contributed by atoms with Crippen LogP contribution in [0.2, 0.25) is 0 Å².